The SMILES string of the molecule is CC[N+](CC)(CC)C[C@@H](O)CCl. The van der Waals surface area contributed by atoms with E-state index in [4.69, 9.17) is 11.6 Å². The first kappa shape index (κ1) is 12.2. The zero-order valence-corrected chi connectivity index (χ0v) is 9.14. The van der Waals surface area contributed by atoms with Gasteiger partial charge >= 0.3 is 0 Å². The molecule has 0 rings (SSSR count). The maximum Gasteiger partial charge on any atom is 0.116 e. The minimum Gasteiger partial charge on any atom is -0.386 e. The summed E-state index contributed by atoms with van der Waals surface area (Å²) < 4.78 is 0.966. The summed E-state index contributed by atoms with van der Waals surface area (Å²) in [7, 11) is 0. The maximum atomic E-state index is 9.44. The molecule has 0 unspecified atom stereocenters. The highest BCUT2D eigenvalue weighted by atomic mass is 35.5. The molecule has 0 aliphatic rings. The molecule has 0 heterocycles. The van der Waals surface area contributed by atoms with Gasteiger partial charge in [-0.05, 0) is 20.8 Å². The molecule has 0 bridgehead atoms. The van der Waals surface area contributed by atoms with E-state index in [1.54, 1.807) is 0 Å². The monoisotopic (exact) mass is 194 g/mol. The molecule has 0 aromatic heterocycles. The molecule has 2 nitrogen and oxygen atoms in total. The quantitative estimate of drug-likeness (QED) is 0.502. The zero-order chi connectivity index (χ0) is 9.61. The fourth-order valence-corrected chi connectivity index (χ4v) is 1.65. The molecule has 0 saturated heterocycles. The minimum atomic E-state index is -0.355. The predicted octanol–water partition coefficient (Wildman–Crippen LogP) is 1.46. The summed E-state index contributed by atoms with van der Waals surface area (Å²) in [6.45, 7) is 10.5. The van der Waals surface area contributed by atoms with Crippen molar-refractivity contribution in [2.45, 2.75) is 26.9 Å². The summed E-state index contributed by atoms with van der Waals surface area (Å²) in [5.74, 6) is 0.347. The third kappa shape index (κ3) is 3.30. The molecule has 12 heavy (non-hydrogen) atoms. The second kappa shape index (κ2) is 5.79. The van der Waals surface area contributed by atoms with E-state index in [2.05, 4.69) is 20.8 Å². The van der Waals surface area contributed by atoms with Crippen LogP contribution in [0.3, 0.4) is 0 Å². The highest BCUT2D eigenvalue weighted by Crippen LogP contribution is 2.07. The molecule has 0 aromatic rings. The topological polar surface area (TPSA) is 20.2 Å². The molecule has 0 aliphatic heterocycles. The Morgan fingerprint density at radius 1 is 1.17 bits per heavy atom. The number of likely N-dealkylation sites (N-methyl/N-ethyl adjacent to an activating group) is 1. The maximum absolute atomic E-state index is 9.44. The van der Waals surface area contributed by atoms with E-state index in [1.807, 2.05) is 0 Å². The third-order valence-corrected chi connectivity index (χ3v) is 3.14. The smallest absolute Gasteiger partial charge is 0.116 e. The average molecular weight is 195 g/mol. The van der Waals surface area contributed by atoms with Crippen LogP contribution in [0.15, 0.2) is 0 Å². The lowest BCUT2D eigenvalue weighted by Gasteiger charge is -2.37. The number of rotatable bonds is 6. The van der Waals surface area contributed by atoms with E-state index in [0.717, 1.165) is 30.7 Å². The van der Waals surface area contributed by atoms with Crippen LogP contribution >= 0.6 is 11.6 Å². The lowest BCUT2D eigenvalue weighted by molar-refractivity contribution is -0.925. The van der Waals surface area contributed by atoms with Crippen LogP contribution in [-0.2, 0) is 0 Å². The summed E-state index contributed by atoms with van der Waals surface area (Å²) in [4.78, 5) is 0. The van der Waals surface area contributed by atoms with Crippen LogP contribution in [-0.4, -0.2) is 47.8 Å². The van der Waals surface area contributed by atoms with E-state index >= 15 is 0 Å². The van der Waals surface area contributed by atoms with E-state index in [9.17, 15) is 5.11 Å². The van der Waals surface area contributed by atoms with Crippen molar-refractivity contribution in [3.05, 3.63) is 0 Å². The van der Waals surface area contributed by atoms with Crippen LogP contribution in [0.1, 0.15) is 20.8 Å². The van der Waals surface area contributed by atoms with Crippen LogP contribution in [0, 0.1) is 0 Å². The predicted molar refractivity (Wildman–Crippen MR) is 53.5 cm³/mol. The summed E-state index contributed by atoms with van der Waals surface area (Å²) in [5.41, 5.74) is 0. The van der Waals surface area contributed by atoms with Gasteiger partial charge in [0.25, 0.3) is 0 Å². The van der Waals surface area contributed by atoms with Crippen molar-refractivity contribution in [2.75, 3.05) is 32.1 Å². The number of hydrogen-bond acceptors (Lipinski definition) is 1. The van der Waals surface area contributed by atoms with Gasteiger partial charge in [0, 0.05) is 0 Å². The first-order chi connectivity index (χ1) is 5.64. The standard InChI is InChI=1S/C9H21ClNO/c1-4-11(5-2,6-3)8-9(12)7-10/h9,12H,4-8H2,1-3H3/q+1/t9-/m0/s1. The van der Waals surface area contributed by atoms with Crippen molar-refractivity contribution in [1.82, 2.24) is 0 Å². The lowest BCUT2D eigenvalue weighted by atomic mass is 10.2. The Morgan fingerprint density at radius 3 is 1.83 bits per heavy atom. The second-order valence-electron chi connectivity index (χ2n) is 3.28. The molecule has 0 saturated carbocycles. The average Bonchev–Trinajstić information content (AvgIpc) is 2.14. The van der Waals surface area contributed by atoms with E-state index < -0.39 is 0 Å². The molecule has 1 atom stereocenters. The molecule has 0 aliphatic carbocycles. The number of hydrogen-bond donors (Lipinski definition) is 1. The Labute approximate surface area is 80.7 Å². The molecule has 0 aromatic carbocycles. The van der Waals surface area contributed by atoms with E-state index in [1.165, 1.54) is 0 Å². The van der Waals surface area contributed by atoms with Crippen molar-refractivity contribution < 1.29 is 9.59 Å². The molecule has 3 heteroatoms. The molecular formula is C9H21ClNO+. The number of quaternary nitrogens is 1. The summed E-state index contributed by atoms with van der Waals surface area (Å²) in [6, 6.07) is 0. The van der Waals surface area contributed by atoms with E-state index in [0.29, 0.717) is 5.88 Å². The Balaban J connectivity index is 4.09. The van der Waals surface area contributed by atoms with Crippen molar-refractivity contribution in [2.24, 2.45) is 0 Å². The van der Waals surface area contributed by atoms with E-state index in [-0.39, 0.29) is 6.10 Å². The Hall–Kier alpha value is 0.210. The van der Waals surface area contributed by atoms with Gasteiger partial charge in [-0.2, -0.15) is 0 Å². The molecular weight excluding hydrogens is 174 g/mol. The normalized spacial score (nSPS) is 14.8. The van der Waals surface area contributed by atoms with Crippen LogP contribution in [0.2, 0.25) is 0 Å². The summed E-state index contributed by atoms with van der Waals surface area (Å²) in [6.07, 6.45) is -0.355. The van der Waals surface area contributed by atoms with Crippen LogP contribution in [0.4, 0.5) is 0 Å². The van der Waals surface area contributed by atoms with Gasteiger partial charge in [0.1, 0.15) is 12.6 Å². The number of aliphatic hydroxyl groups excluding tert-OH is 1. The summed E-state index contributed by atoms with van der Waals surface area (Å²) in [5, 5.41) is 9.44. The van der Waals surface area contributed by atoms with Crippen molar-refractivity contribution in [3.8, 4) is 0 Å². The first-order valence-electron chi connectivity index (χ1n) is 4.73. The summed E-state index contributed by atoms with van der Waals surface area (Å²) >= 11 is 5.57. The largest absolute Gasteiger partial charge is 0.386 e. The Morgan fingerprint density at radius 2 is 1.58 bits per heavy atom. The molecule has 0 fully saturated rings. The minimum absolute atomic E-state index is 0.347. The van der Waals surface area contributed by atoms with Gasteiger partial charge in [0.2, 0.25) is 0 Å². The Bertz CT molecular complexity index is 107. The molecule has 0 amide bonds. The molecule has 0 radical (unpaired) electrons. The number of halogens is 1. The van der Waals surface area contributed by atoms with Crippen molar-refractivity contribution >= 4 is 11.6 Å². The number of alkyl halides is 1. The highest BCUT2D eigenvalue weighted by molar-refractivity contribution is 6.18. The van der Waals surface area contributed by atoms with Gasteiger partial charge in [-0.1, -0.05) is 0 Å². The lowest BCUT2D eigenvalue weighted by Crippen LogP contribution is -2.52. The van der Waals surface area contributed by atoms with Crippen LogP contribution in [0.25, 0.3) is 0 Å². The molecule has 74 valence electrons. The number of aliphatic hydroxyl groups is 1. The van der Waals surface area contributed by atoms with Gasteiger partial charge in [-0.3, -0.25) is 0 Å². The molecule has 1 N–H and O–H groups in total. The van der Waals surface area contributed by atoms with Gasteiger partial charge in [0.05, 0.1) is 25.5 Å². The fraction of sp³-hybridized carbons (Fsp3) is 1.00. The third-order valence-electron chi connectivity index (χ3n) is 2.79. The fourth-order valence-electron chi connectivity index (χ4n) is 1.55. The van der Waals surface area contributed by atoms with Gasteiger partial charge in [-0.15, -0.1) is 11.6 Å². The zero-order valence-electron chi connectivity index (χ0n) is 8.39. The van der Waals surface area contributed by atoms with Gasteiger partial charge < -0.3 is 9.59 Å². The van der Waals surface area contributed by atoms with Crippen molar-refractivity contribution in [3.63, 3.8) is 0 Å². The number of nitrogens with zero attached hydrogens (tertiary/aromatic N) is 1. The van der Waals surface area contributed by atoms with Gasteiger partial charge in [-0.25, -0.2) is 0 Å². The second-order valence-corrected chi connectivity index (χ2v) is 3.59. The highest BCUT2D eigenvalue weighted by Gasteiger charge is 2.24. The first-order valence-corrected chi connectivity index (χ1v) is 5.26. The molecule has 0 spiro atoms. The van der Waals surface area contributed by atoms with Crippen molar-refractivity contribution in [1.29, 1.82) is 0 Å². The van der Waals surface area contributed by atoms with Crippen LogP contribution in [0.5, 0.6) is 0 Å². The Kier molecular flexibility index (Phi) is 5.89. The van der Waals surface area contributed by atoms with Gasteiger partial charge in [0.15, 0.2) is 0 Å². The van der Waals surface area contributed by atoms with Crippen LogP contribution < -0.4 is 0 Å².